The highest BCUT2D eigenvalue weighted by molar-refractivity contribution is 6.30. The molecule has 1 aliphatic carbocycles. The van der Waals surface area contributed by atoms with Crippen molar-refractivity contribution in [3.05, 3.63) is 31.6 Å². The van der Waals surface area contributed by atoms with Crippen molar-refractivity contribution in [2.45, 2.75) is 58.4 Å². The van der Waals surface area contributed by atoms with Gasteiger partial charge in [-0.05, 0) is 24.7 Å². The lowest BCUT2D eigenvalue weighted by Crippen LogP contribution is -2.39. The molecular formula is C14H21ClN2O2. The molecule has 19 heavy (non-hydrogen) atoms. The second-order valence-electron chi connectivity index (χ2n) is 5.73. The predicted octanol–water partition coefficient (Wildman–Crippen LogP) is 2.89. The molecule has 0 bridgehead atoms. The molecule has 1 heterocycles. The summed E-state index contributed by atoms with van der Waals surface area (Å²) >= 11 is 5.98. The summed E-state index contributed by atoms with van der Waals surface area (Å²) in [5.41, 5.74) is -0.101. The summed E-state index contributed by atoms with van der Waals surface area (Å²) in [7, 11) is 0. The van der Waals surface area contributed by atoms with Crippen molar-refractivity contribution >= 4 is 11.6 Å². The minimum atomic E-state index is -0.384. The van der Waals surface area contributed by atoms with E-state index in [-0.39, 0.29) is 22.3 Å². The van der Waals surface area contributed by atoms with Gasteiger partial charge in [-0.3, -0.25) is 14.3 Å². The molecule has 4 nitrogen and oxygen atoms in total. The van der Waals surface area contributed by atoms with Crippen LogP contribution in [0, 0.1) is 5.92 Å². The molecule has 0 saturated heterocycles. The molecule has 106 valence electrons. The van der Waals surface area contributed by atoms with E-state index in [1.807, 2.05) is 13.8 Å². The average Bonchev–Trinajstić information content (AvgIpc) is 2.35. The van der Waals surface area contributed by atoms with Gasteiger partial charge in [-0.15, -0.1) is 0 Å². The summed E-state index contributed by atoms with van der Waals surface area (Å²) in [5.74, 6) is 0.447. The van der Waals surface area contributed by atoms with E-state index in [1.165, 1.54) is 23.8 Å². The van der Waals surface area contributed by atoms with Gasteiger partial charge in [-0.25, -0.2) is 4.79 Å². The zero-order chi connectivity index (χ0) is 14.0. The molecule has 1 saturated carbocycles. The summed E-state index contributed by atoms with van der Waals surface area (Å²) in [6.07, 6.45) is 5.86. The summed E-state index contributed by atoms with van der Waals surface area (Å²) in [4.78, 5) is 26.9. The van der Waals surface area contributed by atoms with E-state index in [1.54, 1.807) is 0 Å². The van der Waals surface area contributed by atoms with Crippen LogP contribution in [-0.4, -0.2) is 9.55 Å². The Morgan fingerprint density at radius 2 is 1.89 bits per heavy atom. The lowest BCUT2D eigenvalue weighted by Gasteiger charge is -2.22. The third kappa shape index (κ3) is 3.11. The highest BCUT2D eigenvalue weighted by Gasteiger charge is 2.19. The van der Waals surface area contributed by atoms with E-state index in [9.17, 15) is 9.59 Å². The van der Waals surface area contributed by atoms with Crippen LogP contribution in [0.2, 0.25) is 5.15 Å². The van der Waals surface area contributed by atoms with Crippen molar-refractivity contribution < 1.29 is 0 Å². The second kappa shape index (κ2) is 5.95. The Labute approximate surface area is 117 Å². The molecule has 0 radical (unpaired) electrons. The molecule has 0 aromatic carbocycles. The molecular weight excluding hydrogens is 264 g/mol. The van der Waals surface area contributed by atoms with Crippen molar-refractivity contribution in [3.8, 4) is 0 Å². The molecule has 1 fully saturated rings. The molecule has 1 aromatic rings. The Balaban J connectivity index is 2.37. The maximum Gasteiger partial charge on any atom is 0.329 e. The van der Waals surface area contributed by atoms with Crippen LogP contribution in [0.1, 0.15) is 57.4 Å². The first-order chi connectivity index (χ1) is 9.00. The van der Waals surface area contributed by atoms with Crippen molar-refractivity contribution in [2.75, 3.05) is 0 Å². The number of hydrogen-bond acceptors (Lipinski definition) is 2. The smallest absolute Gasteiger partial charge is 0.297 e. The lowest BCUT2D eigenvalue weighted by molar-refractivity contribution is 0.311. The number of nitrogens with zero attached hydrogens (tertiary/aromatic N) is 1. The van der Waals surface area contributed by atoms with Gasteiger partial charge in [0.2, 0.25) is 0 Å². The maximum atomic E-state index is 12.4. The zero-order valence-corrected chi connectivity index (χ0v) is 12.3. The number of aromatic amines is 1. The first-order valence-corrected chi connectivity index (χ1v) is 7.41. The normalized spacial score (nSPS) is 17.1. The summed E-state index contributed by atoms with van der Waals surface area (Å²) in [6, 6.07) is 0. The summed E-state index contributed by atoms with van der Waals surface area (Å²) < 4.78 is 1.33. The summed E-state index contributed by atoms with van der Waals surface area (Å²) in [5, 5.41) is 0.185. The molecule has 0 spiro atoms. The van der Waals surface area contributed by atoms with Crippen LogP contribution < -0.4 is 11.2 Å². The third-order valence-corrected chi connectivity index (χ3v) is 4.21. The second-order valence-corrected chi connectivity index (χ2v) is 6.11. The Morgan fingerprint density at radius 1 is 1.26 bits per heavy atom. The van der Waals surface area contributed by atoms with E-state index in [0.717, 1.165) is 12.8 Å². The monoisotopic (exact) mass is 284 g/mol. The fraction of sp³-hybridized carbons (Fsp3) is 0.714. The Morgan fingerprint density at radius 3 is 2.47 bits per heavy atom. The fourth-order valence-electron chi connectivity index (χ4n) is 2.85. The van der Waals surface area contributed by atoms with Crippen LogP contribution in [0.3, 0.4) is 0 Å². The maximum absolute atomic E-state index is 12.4. The van der Waals surface area contributed by atoms with Crippen LogP contribution >= 0.6 is 11.6 Å². The minimum Gasteiger partial charge on any atom is -0.297 e. The van der Waals surface area contributed by atoms with Gasteiger partial charge >= 0.3 is 5.69 Å². The van der Waals surface area contributed by atoms with Crippen LogP contribution in [0.25, 0.3) is 0 Å². The van der Waals surface area contributed by atoms with Crippen molar-refractivity contribution in [2.24, 2.45) is 5.92 Å². The molecule has 1 N–H and O–H groups in total. The number of rotatable bonds is 3. The van der Waals surface area contributed by atoms with Gasteiger partial charge in [-0.2, -0.15) is 0 Å². The van der Waals surface area contributed by atoms with Crippen molar-refractivity contribution in [3.63, 3.8) is 0 Å². The Kier molecular flexibility index (Phi) is 4.50. The molecule has 0 atom stereocenters. The lowest BCUT2D eigenvalue weighted by atomic mass is 9.89. The van der Waals surface area contributed by atoms with E-state index in [4.69, 9.17) is 11.6 Å². The number of H-pyrrole nitrogens is 1. The Hall–Kier alpha value is -1.03. The van der Waals surface area contributed by atoms with E-state index in [2.05, 4.69) is 4.98 Å². The van der Waals surface area contributed by atoms with Gasteiger partial charge in [0, 0.05) is 6.54 Å². The molecule has 0 unspecified atom stereocenters. The van der Waals surface area contributed by atoms with Crippen LogP contribution in [0.5, 0.6) is 0 Å². The zero-order valence-electron chi connectivity index (χ0n) is 11.5. The quantitative estimate of drug-likeness (QED) is 0.868. The Bertz CT molecular complexity index is 554. The molecule has 0 aliphatic heterocycles. The number of aromatic nitrogens is 2. The van der Waals surface area contributed by atoms with Gasteiger partial charge < -0.3 is 0 Å². The standard InChI is InChI=1S/C14H21ClN2O2/c1-9(2)11-12(15)16-14(19)17(13(11)18)8-10-6-4-3-5-7-10/h9-10H,3-8H2,1-2H3,(H,16,19). The first-order valence-electron chi connectivity index (χ1n) is 7.03. The number of halogens is 1. The number of hydrogen-bond donors (Lipinski definition) is 1. The van der Waals surface area contributed by atoms with Crippen LogP contribution in [0.15, 0.2) is 9.59 Å². The van der Waals surface area contributed by atoms with Gasteiger partial charge in [0.05, 0.1) is 5.56 Å². The summed E-state index contributed by atoms with van der Waals surface area (Å²) in [6.45, 7) is 4.34. The minimum absolute atomic E-state index is 0.00876. The van der Waals surface area contributed by atoms with Crippen molar-refractivity contribution in [1.82, 2.24) is 9.55 Å². The van der Waals surface area contributed by atoms with Gasteiger partial charge in [0.15, 0.2) is 0 Å². The van der Waals surface area contributed by atoms with Crippen LogP contribution in [0.4, 0.5) is 0 Å². The average molecular weight is 285 g/mol. The van der Waals surface area contributed by atoms with Crippen molar-refractivity contribution in [1.29, 1.82) is 0 Å². The van der Waals surface area contributed by atoms with E-state index in [0.29, 0.717) is 18.0 Å². The highest BCUT2D eigenvalue weighted by atomic mass is 35.5. The SMILES string of the molecule is CC(C)c1c(Cl)[nH]c(=O)n(CC2CCCCC2)c1=O. The van der Waals surface area contributed by atoms with E-state index >= 15 is 0 Å². The van der Waals surface area contributed by atoms with Crippen LogP contribution in [-0.2, 0) is 6.54 Å². The molecule has 1 aliphatic rings. The first kappa shape index (κ1) is 14.4. The largest absolute Gasteiger partial charge is 0.329 e. The predicted molar refractivity (Wildman–Crippen MR) is 77.0 cm³/mol. The topological polar surface area (TPSA) is 54.9 Å². The van der Waals surface area contributed by atoms with E-state index < -0.39 is 0 Å². The molecule has 5 heteroatoms. The van der Waals surface area contributed by atoms with Gasteiger partial charge in [-0.1, -0.05) is 44.7 Å². The van der Waals surface area contributed by atoms with Gasteiger partial charge in [0.1, 0.15) is 5.15 Å². The highest BCUT2D eigenvalue weighted by Crippen LogP contribution is 2.24. The van der Waals surface area contributed by atoms with Gasteiger partial charge in [0.25, 0.3) is 5.56 Å². The number of nitrogens with one attached hydrogen (secondary N) is 1. The third-order valence-electron chi connectivity index (χ3n) is 3.92. The molecule has 0 amide bonds. The molecule has 1 aromatic heterocycles. The fourth-order valence-corrected chi connectivity index (χ4v) is 3.23. The molecule has 2 rings (SSSR count).